The van der Waals surface area contributed by atoms with Gasteiger partial charge in [0.05, 0.1) is 20.1 Å². The van der Waals surface area contributed by atoms with Crippen molar-refractivity contribution < 1.29 is 33.7 Å². The molecule has 0 saturated heterocycles. The van der Waals surface area contributed by atoms with E-state index in [0.29, 0.717) is 0 Å². The van der Waals surface area contributed by atoms with Crippen molar-refractivity contribution in [2.45, 2.75) is 25.8 Å². The Bertz CT molecular complexity index is 705. The number of rotatable bonds is 10. The first-order chi connectivity index (χ1) is 12.8. The van der Waals surface area contributed by atoms with Crippen LogP contribution in [0.1, 0.15) is 30.1 Å². The normalized spacial score (nSPS) is 14.2. The Morgan fingerprint density at radius 1 is 1.22 bits per heavy atom. The van der Waals surface area contributed by atoms with Crippen LogP contribution in [0.15, 0.2) is 12.1 Å². The summed E-state index contributed by atoms with van der Waals surface area (Å²) >= 11 is 0. The minimum Gasteiger partial charge on any atom is -0.493 e. The van der Waals surface area contributed by atoms with Gasteiger partial charge in [0.15, 0.2) is 18.1 Å². The van der Waals surface area contributed by atoms with Crippen molar-refractivity contribution in [3.63, 3.8) is 0 Å². The maximum Gasteiger partial charge on any atom is 0.308 e. The third-order valence-electron chi connectivity index (χ3n) is 4.21. The molecule has 1 saturated carbocycles. The number of primary amides is 1. The zero-order valence-corrected chi connectivity index (χ0v) is 15.6. The second kappa shape index (κ2) is 8.61. The number of hydrogen-bond acceptors (Lipinski definition) is 6. The van der Waals surface area contributed by atoms with Crippen LogP contribution in [-0.4, -0.2) is 61.2 Å². The Morgan fingerprint density at radius 3 is 2.19 bits per heavy atom. The van der Waals surface area contributed by atoms with Crippen LogP contribution in [0, 0.1) is 5.92 Å². The first-order valence-electron chi connectivity index (χ1n) is 8.49. The molecule has 0 radical (unpaired) electrons. The van der Waals surface area contributed by atoms with Gasteiger partial charge >= 0.3 is 5.97 Å². The van der Waals surface area contributed by atoms with Crippen molar-refractivity contribution in [1.29, 1.82) is 0 Å². The maximum absolute atomic E-state index is 13.0. The number of carboxylic acids is 1. The summed E-state index contributed by atoms with van der Waals surface area (Å²) < 4.78 is 15.9. The summed E-state index contributed by atoms with van der Waals surface area (Å²) in [5.41, 5.74) is 5.38. The van der Waals surface area contributed by atoms with Gasteiger partial charge in [-0.3, -0.25) is 14.4 Å². The van der Waals surface area contributed by atoms with Gasteiger partial charge in [-0.05, 0) is 25.0 Å². The zero-order valence-electron chi connectivity index (χ0n) is 15.6. The Balaban J connectivity index is 2.33. The molecule has 0 aromatic heterocycles. The molecule has 1 aromatic rings. The van der Waals surface area contributed by atoms with E-state index in [1.54, 1.807) is 11.8 Å². The Labute approximate surface area is 157 Å². The minimum atomic E-state index is -0.959. The summed E-state index contributed by atoms with van der Waals surface area (Å²) in [4.78, 5) is 36.7. The Morgan fingerprint density at radius 2 is 1.78 bits per heavy atom. The lowest BCUT2D eigenvalue weighted by atomic mass is 10.1. The van der Waals surface area contributed by atoms with Crippen LogP contribution >= 0.6 is 0 Å². The minimum absolute atomic E-state index is 0.0297. The molecular weight excluding hydrogens is 356 g/mol. The van der Waals surface area contributed by atoms with Crippen molar-refractivity contribution in [3.8, 4) is 17.2 Å². The predicted molar refractivity (Wildman–Crippen MR) is 95.1 cm³/mol. The number of benzene rings is 1. The summed E-state index contributed by atoms with van der Waals surface area (Å²) in [5, 5.41) is 9.16. The smallest absolute Gasteiger partial charge is 0.308 e. The monoisotopic (exact) mass is 380 g/mol. The van der Waals surface area contributed by atoms with Gasteiger partial charge in [0.1, 0.15) is 0 Å². The van der Waals surface area contributed by atoms with E-state index < -0.39 is 17.8 Å². The topological polar surface area (TPSA) is 128 Å². The Hall–Kier alpha value is -2.97. The summed E-state index contributed by atoms with van der Waals surface area (Å²) in [7, 11) is 2.79. The zero-order chi connectivity index (χ0) is 20.1. The first-order valence-corrected chi connectivity index (χ1v) is 8.49. The summed E-state index contributed by atoms with van der Waals surface area (Å²) in [5.74, 6) is -2.05. The van der Waals surface area contributed by atoms with Crippen LogP contribution in [0.5, 0.6) is 17.2 Å². The van der Waals surface area contributed by atoms with Gasteiger partial charge in [-0.1, -0.05) is 6.92 Å². The van der Waals surface area contributed by atoms with E-state index in [2.05, 4.69) is 0 Å². The van der Waals surface area contributed by atoms with Crippen LogP contribution in [0.3, 0.4) is 0 Å². The van der Waals surface area contributed by atoms with Gasteiger partial charge in [0, 0.05) is 18.2 Å². The van der Waals surface area contributed by atoms with Crippen molar-refractivity contribution in [3.05, 3.63) is 17.7 Å². The van der Waals surface area contributed by atoms with E-state index in [1.165, 1.54) is 26.4 Å². The highest BCUT2D eigenvalue weighted by molar-refractivity contribution is 5.96. The number of nitrogens with zero attached hydrogens (tertiary/aromatic N) is 1. The summed E-state index contributed by atoms with van der Waals surface area (Å²) in [6, 6.07) is 2.98. The number of hydrogen-bond donors (Lipinski definition) is 2. The molecule has 2 rings (SSSR count). The molecule has 1 fully saturated rings. The average molecular weight is 380 g/mol. The molecule has 2 amide bonds. The lowest BCUT2D eigenvalue weighted by Crippen LogP contribution is -2.38. The second-order valence-corrected chi connectivity index (χ2v) is 6.39. The number of carbonyl (C=O) groups excluding carboxylic acids is 2. The average Bonchev–Trinajstić information content (AvgIpc) is 3.47. The van der Waals surface area contributed by atoms with Crippen LogP contribution in [0.2, 0.25) is 0 Å². The van der Waals surface area contributed by atoms with Crippen LogP contribution in [-0.2, 0) is 9.59 Å². The molecule has 1 unspecified atom stereocenters. The highest BCUT2D eigenvalue weighted by Gasteiger charge is 2.35. The summed E-state index contributed by atoms with van der Waals surface area (Å²) in [6.07, 6.45) is 1.68. The fraction of sp³-hybridized carbons (Fsp3) is 0.500. The van der Waals surface area contributed by atoms with Gasteiger partial charge in [0.2, 0.25) is 5.75 Å². The van der Waals surface area contributed by atoms with Gasteiger partial charge < -0.3 is 30.0 Å². The molecule has 1 aliphatic carbocycles. The van der Waals surface area contributed by atoms with Crippen molar-refractivity contribution in [1.82, 2.24) is 4.90 Å². The molecule has 0 spiro atoms. The molecule has 27 heavy (non-hydrogen) atoms. The van der Waals surface area contributed by atoms with Gasteiger partial charge in [-0.25, -0.2) is 0 Å². The molecule has 1 atom stereocenters. The number of carbonyl (C=O) groups is 3. The van der Waals surface area contributed by atoms with E-state index in [-0.39, 0.29) is 47.9 Å². The van der Waals surface area contributed by atoms with Crippen LogP contribution < -0.4 is 19.9 Å². The molecular formula is C18H24N2O7. The first kappa shape index (κ1) is 20.3. The number of aliphatic carboxylic acids is 1. The molecule has 9 nitrogen and oxygen atoms in total. The van der Waals surface area contributed by atoms with Crippen molar-refractivity contribution in [2.24, 2.45) is 11.7 Å². The fourth-order valence-electron chi connectivity index (χ4n) is 2.61. The largest absolute Gasteiger partial charge is 0.493 e. The number of amides is 2. The van der Waals surface area contributed by atoms with Crippen molar-refractivity contribution in [2.75, 3.05) is 27.4 Å². The second-order valence-electron chi connectivity index (χ2n) is 6.39. The molecule has 0 bridgehead atoms. The van der Waals surface area contributed by atoms with Gasteiger partial charge in [-0.15, -0.1) is 0 Å². The lowest BCUT2D eigenvalue weighted by Gasteiger charge is -2.25. The summed E-state index contributed by atoms with van der Waals surface area (Å²) in [6.45, 7) is 1.31. The third kappa shape index (κ3) is 5.02. The molecule has 148 valence electrons. The number of carboxylic acid groups (broad SMARTS) is 1. The van der Waals surface area contributed by atoms with E-state index in [4.69, 9.17) is 25.1 Å². The molecule has 3 N–H and O–H groups in total. The van der Waals surface area contributed by atoms with E-state index >= 15 is 0 Å². The van der Waals surface area contributed by atoms with Crippen LogP contribution in [0.25, 0.3) is 0 Å². The van der Waals surface area contributed by atoms with Crippen LogP contribution in [0.4, 0.5) is 0 Å². The standard InChI is InChI=1S/C18H24N2O7/c1-10(18(23)24)8-20(12-4-5-12)17(22)11-6-13(25-2)16(14(7-11)26-3)27-9-15(19)21/h6-7,10,12H,4-5,8-9H2,1-3H3,(H2,19,21)(H,23,24). The number of ether oxygens (including phenoxy) is 3. The number of methoxy groups -OCH3 is 2. The number of nitrogens with two attached hydrogens (primary N) is 1. The van der Waals surface area contributed by atoms with Crippen molar-refractivity contribution >= 4 is 17.8 Å². The van der Waals surface area contributed by atoms with E-state index in [1.807, 2.05) is 0 Å². The fourth-order valence-corrected chi connectivity index (χ4v) is 2.61. The van der Waals surface area contributed by atoms with E-state index in [0.717, 1.165) is 12.8 Å². The molecule has 9 heteroatoms. The Kier molecular flexibility index (Phi) is 6.49. The van der Waals surface area contributed by atoms with Gasteiger partial charge in [0.25, 0.3) is 11.8 Å². The molecule has 1 aliphatic rings. The van der Waals surface area contributed by atoms with Gasteiger partial charge in [-0.2, -0.15) is 0 Å². The third-order valence-corrected chi connectivity index (χ3v) is 4.21. The molecule has 1 aromatic carbocycles. The quantitative estimate of drug-likeness (QED) is 0.617. The molecule has 0 aliphatic heterocycles. The SMILES string of the molecule is COc1cc(C(=O)N(CC(C)C(=O)O)C2CC2)cc(OC)c1OCC(N)=O. The lowest BCUT2D eigenvalue weighted by molar-refractivity contribution is -0.141. The highest BCUT2D eigenvalue weighted by atomic mass is 16.5. The molecule has 0 heterocycles. The maximum atomic E-state index is 13.0. The van der Waals surface area contributed by atoms with E-state index in [9.17, 15) is 14.4 Å². The highest BCUT2D eigenvalue weighted by Crippen LogP contribution is 2.39. The predicted octanol–water partition coefficient (Wildman–Crippen LogP) is 0.893.